The lowest BCUT2D eigenvalue weighted by atomic mass is 10.1. The number of hydrogen-bond donors (Lipinski definition) is 2. The van der Waals surface area contributed by atoms with Gasteiger partial charge in [0.25, 0.3) is 5.91 Å². The molecule has 3 aromatic heterocycles. The predicted octanol–water partition coefficient (Wildman–Crippen LogP) is 2.87. The van der Waals surface area contributed by atoms with Crippen LogP contribution >= 0.6 is 0 Å². The van der Waals surface area contributed by atoms with E-state index in [0.29, 0.717) is 31.0 Å². The van der Waals surface area contributed by atoms with Gasteiger partial charge >= 0.3 is 0 Å². The summed E-state index contributed by atoms with van der Waals surface area (Å²) in [6, 6.07) is 13.2. The van der Waals surface area contributed by atoms with Crippen LogP contribution in [-0.4, -0.2) is 51.9 Å². The fraction of sp³-hybridized carbons (Fsp3) is 0.280. The number of carbonyl (C=O) groups excluding carboxylic acids is 1. The first-order chi connectivity index (χ1) is 17.1. The zero-order valence-corrected chi connectivity index (χ0v) is 19.3. The van der Waals surface area contributed by atoms with E-state index in [9.17, 15) is 4.79 Å². The first kappa shape index (κ1) is 22.6. The number of pyridine rings is 2. The highest BCUT2D eigenvalue weighted by Gasteiger charge is 2.19. The number of nitrogens with zero attached hydrogens (tertiary/aromatic N) is 4. The first-order valence-electron chi connectivity index (χ1n) is 11.4. The van der Waals surface area contributed by atoms with Crippen LogP contribution in [0.15, 0.2) is 54.9 Å². The fourth-order valence-corrected chi connectivity index (χ4v) is 4.02. The zero-order valence-electron chi connectivity index (χ0n) is 19.3. The number of methoxy groups -OCH3 is 1. The number of fused-ring (bicyclic) bond motifs is 1. The van der Waals surface area contributed by atoms with E-state index in [4.69, 9.17) is 19.9 Å². The standard InChI is InChI=1S/C25H26N6O4/c1-33-24-20(12-18(15-28-24)16-6-9-31-22(13-16)29-25(26)30-31)23(32)27-14-17-4-2-3-5-21(17)35-19-7-10-34-11-8-19/h2-6,9,12-13,15,19H,7-8,10-11,14H2,1H3,(H2,26,30)(H,27,32). The lowest BCUT2D eigenvalue weighted by Gasteiger charge is -2.24. The molecule has 10 heteroatoms. The maximum absolute atomic E-state index is 13.2. The van der Waals surface area contributed by atoms with E-state index in [1.54, 1.807) is 23.0 Å². The predicted molar refractivity (Wildman–Crippen MR) is 129 cm³/mol. The fourth-order valence-electron chi connectivity index (χ4n) is 4.02. The van der Waals surface area contributed by atoms with E-state index >= 15 is 0 Å². The van der Waals surface area contributed by atoms with Crippen LogP contribution in [0.1, 0.15) is 28.8 Å². The number of benzene rings is 1. The molecular weight excluding hydrogens is 448 g/mol. The molecule has 4 heterocycles. The maximum atomic E-state index is 13.2. The minimum Gasteiger partial charge on any atom is -0.490 e. The largest absolute Gasteiger partial charge is 0.490 e. The number of para-hydroxylation sites is 1. The third kappa shape index (κ3) is 5.02. The van der Waals surface area contributed by atoms with Gasteiger partial charge in [-0.25, -0.2) is 9.50 Å². The summed E-state index contributed by atoms with van der Waals surface area (Å²) >= 11 is 0. The molecule has 0 radical (unpaired) electrons. The summed E-state index contributed by atoms with van der Waals surface area (Å²) in [5.41, 5.74) is 9.07. The molecule has 0 spiro atoms. The number of nitrogens with one attached hydrogen (secondary N) is 1. The second-order valence-corrected chi connectivity index (χ2v) is 8.19. The Hall–Kier alpha value is -4.18. The van der Waals surface area contributed by atoms with Crippen LogP contribution in [0.2, 0.25) is 0 Å². The van der Waals surface area contributed by atoms with Crippen molar-refractivity contribution in [3.63, 3.8) is 0 Å². The van der Waals surface area contributed by atoms with Gasteiger partial charge in [0, 0.05) is 42.9 Å². The summed E-state index contributed by atoms with van der Waals surface area (Å²) in [6.07, 6.45) is 5.22. The Labute approximate surface area is 202 Å². The highest BCUT2D eigenvalue weighted by atomic mass is 16.5. The van der Waals surface area contributed by atoms with Crippen molar-refractivity contribution in [2.24, 2.45) is 0 Å². The molecule has 1 aliphatic heterocycles. The monoisotopic (exact) mass is 474 g/mol. The second kappa shape index (κ2) is 9.98. The second-order valence-electron chi connectivity index (χ2n) is 8.19. The number of ether oxygens (including phenoxy) is 3. The van der Waals surface area contributed by atoms with Crippen molar-refractivity contribution < 1.29 is 19.0 Å². The van der Waals surface area contributed by atoms with Crippen molar-refractivity contribution >= 4 is 17.5 Å². The van der Waals surface area contributed by atoms with E-state index in [0.717, 1.165) is 35.3 Å². The highest BCUT2D eigenvalue weighted by Crippen LogP contribution is 2.26. The zero-order chi connectivity index (χ0) is 24.2. The van der Waals surface area contributed by atoms with Gasteiger partial charge in [-0.15, -0.1) is 5.10 Å². The van der Waals surface area contributed by atoms with E-state index in [1.807, 2.05) is 36.4 Å². The molecule has 1 fully saturated rings. The smallest absolute Gasteiger partial charge is 0.257 e. The van der Waals surface area contributed by atoms with Crippen LogP contribution in [0.3, 0.4) is 0 Å². The summed E-state index contributed by atoms with van der Waals surface area (Å²) in [6.45, 7) is 1.70. The average Bonchev–Trinajstić information content (AvgIpc) is 3.27. The van der Waals surface area contributed by atoms with E-state index in [2.05, 4.69) is 20.4 Å². The van der Waals surface area contributed by atoms with E-state index in [1.165, 1.54) is 7.11 Å². The number of rotatable bonds is 7. The van der Waals surface area contributed by atoms with E-state index in [-0.39, 0.29) is 23.8 Å². The van der Waals surface area contributed by atoms with Gasteiger partial charge in [-0.3, -0.25) is 4.79 Å². The van der Waals surface area contributed by atoms with Crippen LogP contribution in [0.4, 0.5) is 5.95 Å². The number of anilines is 1. The number of carbonyl (C=O) groups is 1. The minimum absolute atomic E-state index is 0.111. The molecule has 3 N–H and O–H groups in total. The highest BCUT2D eigenvalue weighted by molar-refractivity contribution is 5.97. The number of nitrogens with two attached hydrogens (primary N) is 1. The van der Waals surface area contributed by atoms with Crippen molar-refractivity contribution in [1.29, 1.82) is 0 Å². The van der Waals surface area contributed by atoms with Crippen LogP contribution < -0.4 is 20.5 Å². The molecule has 180 valence electrons. The molecule has 5 rings (SSSR count). The molecule has 4 aromatic rings. The van der Waals surface area contributed by atoms with Crippen LogP contribution in [0.25, 0.3) is 16.8 Å². The SMILES string of the molecule is COc1ncc(-c2ccn3nc(N)nc3c2)cc1C(=O)NCc1ccccc1OC1CCOCC1. The van der Waals surface area contributed by atoms with Gasteiger partial charge in [0.05, 0.1) is 20.3 Å². The van der Waals surface area contributed by atoms with Crippen molar-refractivity contribution in [2.75, 3.05) is 26.1 Å². The molecule has 1 aliphatic rings. The number of amides is 1. The number of nitrogen functional groups attached to an aromatic ring is 1. The normalized spacial score (nSPS) is 14.1. The summed E-state index contributed by atoms with van der Waals surface area (Å²) in [7, 11) is 1.49. The summed E-state index contributed by atoms with van der Waals surface area (Å²) in [4.78, 5) is 21.7. The van der Waals surface area contributed by atoms with Crippen molar-refractivity contribution in [1.82, 2.24) is 24.9 Å². The molecule has 0 bridgehead atoms. The quantitative estimate of drug-likeness (QED) is 0.419. The molecule has 1 aromatic carbocycles. The molecule has 35 heavy (non-hydrogen) atoms. The third-order valence-corrected chi connectivity index (χ3v) is 5.85. The van der Waals surface area contributed by atoms with Crippen LogP contribution in [-0.2, 0) is 11.3 Å². The Kier molecular flexibility index (Phi) is 6.44. The topological polar surface area (TPSA) is 126 Å². The van der Waals surface area contributed by atoms with Gasteiger partial charge in [-0.2, -0.15) is 4.98 Å². The van der Waals surface area contributed by atoms with Crippen molar-refractivity contribution in [3.8, 4) is 22.8 Å². The molecular formula is C25H26N6O4. The van der Waals surface area contributed by atoms with Gasteiger partial charge < -0.3 is 25.3 Å². The van der Waals surface area contributed by atoms with Gasteiger partial charge in [0.1, 0.15) is 17.4 Å². The van der Waals surface area contributed by atoms with Crippen LogP contribution in [0, 0.1) is 0 Å². The van der Waals surface area contributed by atoms with Gasteiger partial charge in [-0.1, -0.05) is 18.2 Å². The Morgan fingerprint density at radius 1 is 1.20 bits per heavy atom. The third-order valence-electron chi connectivity index (χ3n) is 5.85. The maximum Gasteiger partial charge on any atom is 0.257 e. The van der Waals surface area contributed by atoms with E-state index < -0.39 is 0 Å². The van der Waals surface area contributed by atoms with Gasteiger partial charge in [-0.05, 0) is 29.8 Å². The molecule has 0 unspecified atom stereocenters. The Morgan fingerprint density at radius 2 is 2.03 bits per heavy atom. The van der Waals surface area contributed by atoms with Gasteiger partial charge in [0.2, 0.25) is 11.8 Å². The molecule has 1 amide bonds. The molecule has 0 atom stereocenters. The Bertz CT molecular complexity index is 1350. The first-order valence-corrected chi connectivity index (χ1v) is 11.4. The summed E-state index contributed by atoms with van der Waals surface area (Å²) in [5, 5.41) is 7.06. The number of hydrogen-bond acceptors (Lipinski definition) is 8. The molecule has 0 aliphatic carbocycles. The summed E-state index contributed by atoms with van der Waals surface area (Å²) in [5.74, 6) is 0.895. The molecule has 1 saturated heterocycles. The average molecular weight is 475 g/mol. The Morgan fingerprint density at radius 3 is 2.86 bits per heavy atom. The minimum atomic E-state index is -0.301. The van der Waals surface area contributed by atoms with Crippen LogP contribution in [0.5, 0.6) is 11.6 Å². The lowest BCUT2D eigenvalue weighted by Crippen LogP contribution is -2.27. The van der Waals surface area contributed by atoms with Crippen molar-refractivity contribution in [3.05, 3.63) is 66.0 Å². The van der Waals surface area contributed by atoms with Gasteiger partial charge in [0.15, 0.2) is 5.65 Å². The lowest BCUT2D eigenvalue weighted by molar-refractivity contribution is 0.0251. The summed E-state index contributed by atoms with van der Waals surface area (Å²) < 4.78 is 18.5. The van der Waals surface area contributed by atoms with Crippen molar-refractivity contribution in [2.45, 2.75) is 25.5 Å². The molecule has 0 saturated carbocycles. The Balaban J connectivity index is 1.34. The number of aromatic nitrogens is 4. The molecule has 10 nitrogen and oxygen atoms in total.